The van der Waals surface area contributed by atoms with Crippen molar-refractivity contribution in [3.8, 4) is 11.8 Å². The van der Waals surface area contributed by atoms with Gasteiger partial charge in [0.2, 0.25) is 11.8 Å². The van der Waals surface area contributed by atoms with E-state index >= 15 is 0 Å². The van der Waals surface area contributed by atoms with E-state index in [4.69, 9.17) is 21.4 Å². The van der Waals surface area contributed by atoms with Crippen LogP contribution < -0.4 is 20.3 Å². The number of halogens is 1. The first-order valence-electron chi connectivity index (χ1n) is 20.2. The number of hydrogen-bond acceptors (Lipinski definition) is 10. The number of carbonyl (C=O) groups is 5. The number of anilines is 1. The van der Waals surface area contributed by atoms with E-state index in [1.807, 2.05) is 16.9 Å². The Morgan fingerprint density at radius 1 is 0.931 bits per heavy atom. The minimum atomic E-state index is -0.978. The Kier molecular flexibility index (Phi) is 10.3. The molecule has 2 aliphatic carbocycles. The van der Waals surface area contributed by atoms with Gasteiger partial charge >= 0.3 is 0 Å². The van der Waals surface area contributed by atoms with Crippen LogP contribution in [-0.2, 0) is 9.59 Å². The van der Waals surface area contributed by atoms with Gasteiger partial charge in [-0.1, -0.05) is 39.3 Å². The summed E-state index contributed by atoms with van der Waals surface area (Å²) in [4.78, 5) is 69.8. The molecule has 2 saturated heterocycles. The molecular weight excluding hydrogens is 760 g/mol. The van der Waals surface area contributed by atoms with Crippen molar-refractivity contribution in [2.24, 2.45) is 16.7 Å². The van der Waals surface area contributed by atoms with E-state index in [1.54, 1.807) is 36.4 Å². The van der Waals surface area contributed by atoms with E-state index in [2.05, 4.69) is 54.2 Å². The fraction of sp³-hybridized carbons (Fsp3) is 0.512. The number of benzene rings is 2. The van der Waals surface area contributed by atoms with E-state index in [1.165, 1.54) is 0 Å². The van der Waals surface area contributed by atoms with Crippen molar-refractivity contribution in [2.75, 3.05) is 37.6 Å². The van der Waals surface area contributed by atoms with Crippen molar-refractivity contribution >= 4 is 46.8 Å². The van der Waals surface area contributed by atoms with Crippen LogP contribution in [0.5, 0.6) is 5.75 Å². The molecule has 1 unspecified atom stereocenters. The predicted octanol–water partition coefficient (Wildman–Crippen LogP) is 4.97. The third-order valence-electron chi connectivity index (χ3n) is 13.1. The number of rotatable bonds is 9. The van der Waals surface area contributed by atoms with Gasteiger partial charge in [0, 0.05) is 74.0 Å². The lowest BCUT2D eigenvalue weighted by Crippen LogP contribution is -2.74. The van der Waals surface area contributed by atoms with E-state index in [-0.39, 0.29) is 53.3 Å². The van der Waals surface area contributed by atoms with Gasteiger partial charge in [-0.3, -0.25) is 43.8 Å². The zero-order valence-electron chi connectivity index (χ0n) is 33.3. The highest BCUT2D eigenvalue weighted by Crippen LogP contribution is 2.55. The fourth-order valence-corrected chi connectivity index (χ4v) is 10.5. The molecule has 3 aromatic rings. The molecular formula is C43H49ClN8O6. The number of carbonyl (C=O) groups excluding carboxylic acids is 5. The van der Waals surface area contributed by atoms with Gasteiger partial charge in [-0.25, -0.2) is 0 Å². The van der Waals surface area contributed by atoms with Gasteiger partial charge in [-0.05, 0) is 74.4 Å². The molecule has 5 amide bonds. The fourth-order valence-electron chi connectivity index (χ4n) is 10.3. The smallest absolute Gasteiger partial charge is 0.272 e. The SMILES string of the molecule is CC1(C)[C@H](NC(=O)c2ccn(C3CCC(CN4CCN(c5ccc6c(c5)C(=O)N(C5CCC(=O)NC5=O)C6=O)CC4)CC3)n2)C(C)(C)[C@H]1Oc1ccc(C#N)c(Cl)c1. The first-order valence-corrected chi connectivity index (χ1v) is 20.6. The zero-order chi connectivity index (χ0) is 41.1. The molecule has 1 atom stereocenters. The lowest BCUT2D eigenvalue weighted by Gasteiger charge is -2.63. The summed E-state index contributed by atoms with van der Waals surface area (Å²) >= 11 is 6.25. The summed E-state index contributed by atoms with van der Waals surface area (Å²) in [6.07, 6.45) is 6.08. The van der Waals surface area contributed by atoms with Gasteiger partial charge in [-0.2, -0.15) is 10.4 Å². The number of amides is 5. The average Bonchev–Trinajstić information content (AvgIpc) is 3.79. The molecule has 5 aliphatic rings. The average molecular weight is 809 g/mol. The molecule has 2 N–H and O–H groups in total. The Balaban J connectivity index is 0.795. The van der Waals surface area contributed by atoms with Gasteiger partial charge in [-0.15, -0.1) is 0 Å². The van der Waals surface area contributed by atoms with Gasteiger partial charge in [0.1, 0.15) is 29.7 Å². The number of piperazine rings is 1. The van der Waals surface area contributed by atoms with E-state index < -0.39 is 29.7 Å². The van der Waals surface area contributed by atoms with Gasteiger partial charge in [0.25, 0.3) is 17.7 Å². The lowest BCUT2D eigenvalue weighted by molar-refractivity contribution is -0.164. The maximum absolute atomic E-state index is 13.5. The van der Waals surface area contributed by atoms with Crippen LogP contribution in [0.4, 0.5) is 5.69 Å². The second-order valence-electron chi connectivity index (χ2n) is 17.6. The van der Waals surface area contributed by atoms with Crippen LogP contribution in [0.2, 0.25) is 5.02 Å². The van der Waals surface area contributed by atoms with E-state index in [0.717, 1.165) is 69.0 Å². The van der Waals surface area contributed by atoms with E-state index in [9.17, 15) is 29.2 Å². The van der Waals surface area contributed by atoms with Crippen LogP contribution in [0.15, 0.2) is 48.7 Å². The number of nitriles is 1. The van der Waals surface area contributed by atoms with Crippen molar-refractivity contribution in [2.45, 2.75) is 90.4 Å². The van der Waals surface area contributed by atoms with Gasteiger partial charge in [0.05, 0.1) is 27.8 Å². The maximum Gasteiger partial charge on any atom is 0.272 e. The molecule has 58 heavy (non-hydrogen) atoms. The van der Waals surface area contributed by atoms with Crippen LogP contribution in [-0.4, -0.2) is 100 Å². The number of hydrogen-bond donors (Lipinski definition) is 2. The minimum absolute atomic E-state index is 0.0877. The van der Waals surface area contributed by atoms with Crippen molar-refractivity contribution in [1.29, 1.82) is 5.26 Å². The number of imide groups is 2. The Morgan fingerprint density at radius 3 is 2.31 bits per heavy atom. The topological polar surface area (TPSA) is 170 Å². The molecule has 4 heterocycles. The molecule has 304 valence electrons. The highest BCUT2D eigenvalue weighted by molar-refractivity contribution is 6.31. The number of nitrogens with one attached hydrogen (secondary N) is 2. The Morgan fingerprint density at radius 2 is 1.64 bits per heavy atom. The van der Waals surface area contributed by atoms with Crippen molar-refractivity contribution in [3.05, 3.63) is 76.1 Å². The summed E-state index contributed by atoms with van der Waals surface area (Å²) in [5.74, 6) is -1.03. The monoisotopic (exact) mass is 808 g/mol. The number of ether oxygens (including phenoxy) is 1. The molecule has 14 nitrogen and oxygen atoms in total. The molecule has 2 aromatic carbocycles. The van der Waals surface area contributed by atoms with Crippen LogP contribution in [0, 0.1) is 28.1 Å². The van der Waals surface area contributed by atoms with Crippen LogP contribution in [0.3, 0.4) is 0 Å². The summed E-state index contributed by atoms with van der Waals surface area (Å²) < 4.78 is 8.34. The zero-order valence-corrected chi connectivity index (χ0v) is 34.1. The molecule has 0 bridgehead atoms. The Bertz CT molecular complexity index is 2200. The number of piperidine rings is 1. The second-order valence-corrected chi connectivity index (χ2v) is 18.0. The first-order chi connectivity index (χ1) is 27.6. The molecule has 3 aliphatic heterocycles. The molecule has 0 radical (unpaired) electrons. The number of fused-ring (bicyclic) bond motifs is 1. The lowest BCUT2D eigenvalue weighted by atomic mass is 9.49. The molecule has 4 fully saturated rings. The summed E-state index contributed by atoms with van der Waals surface area (Å²) in [6, 6.07) is 13.4. The van der Waals surface area contributed by atoms with Crippen molar-refractivity contribution < 1.29 is 28.7 Å². The molecule has 15 heteroatoms. The molecule has 0 spiro atoms. The van der Waals surface area contributed by atoms with Crippen LogP contribution in [0.1, 0.15) is 109 Å². The summed E-state index contributed by atoms with van der Waals surface area (Å²) in [6.45, 7) is 12.7. The van der Waals surface area contributed by atoms with Crippen molar-refractivity contribution in [3.63, 3.8) is 0 Å². The number of nitrogens with zero attached hydrogens (tertiary/aromatic N) is 6. The molecule has 2 saturated carbocycles. The highest BCUT2D eigenvalue weighted by atomic mass is 35.5. The minimum Gasteiger partial charge on any atom is -0.489 e. The van der Waals surface area contributed by atoms with E-state index in [0.29, 0.717) is 33.5 Å². The van der Waals surface area contributed by atoms with Crippen LogP contribution in [0.25, 0.3) is 0 Å². The van der Waals surface area contributed by atoms with Gasteiger partial charge in [0.15, 0.2) is 0 Å². The van der Waals surface area contributed by atoms with Gasteiger partial charge < -0.3 is 15.0 Å². The Labute approximate surface area is 342 Å². The highest BCUT2D eigenvalue weighted by Gasteiger charge is 2.64. The predicted molar refractivity (Wildman–Crippen MR) is 214 cm³/mol. The number of aromatic nitrogens is 2. The first kappa shape index (κ1) is 39.6. The summed E-state index contributed by atoms with van der Waals surface area (Å²) in [7, 11) is 0. The third-order valence-corrected chi connectivity index (χ3v) is 13.5. The Hall–Kier alpha value is -5.26. The molecule has 8 rings (SSSR count). The third kappa shape index (κ3) is 7.12. The standard InChI is InChI=1S/C43H49ClN8O6/c1-42(2)40(43(3,4)41(42)58-29-11-7-26(23-45)32(44)22-29)47-36(54)33-15-16-51(48-33)27-8-5-25(6-9-27)24-49-17-19-50(20-18-49)28-10-12-30-31(21-28)39(57)52(38(30)56)34-13-14-35(53)46-37(34)55/h7,10-12,15-16,21-22,25,27,34,40-41H,5-6,8-9,13-14,17-20,24H2,1-4H3,(H,47,54)(H,46,53,55)/t25?,27?,34?,40-,41-. The molecule has 1 aromatic heterocycles. The normalized spacial score (nSPS) is 26.7. The summed E-state index contributed by atoms with van der Waals surface area (Å²) in [5.41, 5.74) is 1.51. The largest absolute Gasteiger partial charge is 0.489 e. The summed E-state index contributed by atoms with van der Waals surface area (Å²) in [5, 5.41) is 19.8. The quantitative estimate of drug-likeness (QED) is 0.282. The van der Waals surface area contributed by atoms with Crippen molar-refractivity contribution in [1.82, 2.24) is 30.2 Å². The van der Waals surface area contributed by atoms with Crippen LogP contribution >= 0.6 is 11.6 Å². The maximum atomic E-state index is 13.5. The second kappa shape index (κ2) is 15.2.